The van der Waals surface area contributed by atoms with E-state index in [1.807, 2.05) is 11.3 Å². The van der Waals surface area contributed by atoms with E-state index in [-0.39, 0.29) is 6.04 Å². The second kappa shape index (κ2) is 7.11. The quantitative estimate of drug-likeness (QED) is 0.714. The minimum Gasteiger partial charge on any atom is -0.493 e. The summed E-state index contributed by atoms with van der Waals surface area (Å²) in [6, 6.07) is 9.25. The third-order valence-corrected chi connectivity index (χ3v) is 5.59. The molecule has 0 spiro atoms. The van der Waals surface area contributed by atoms with E-state index in [4.69, 9.17) is 4.74 Å². The first kappa shape index (κ1) is 15.3. The summed E-state index contributed by atoms with van der Waals surface area (Å²) in [7, 11) is 0. The molecule has 1 unspecified atom stereocenters. The van der Waals surface area contributed by atoms with Crippen LogP contribution < -0.4 is 10.1 Å². The maximum atomic E-state index is 5.73. The molecule has 1 aromatic heterocycles. The van der Waals surface area contributed by atoms with Gasteiger partial charge in [0.1, 0.15) is 5.75 Å². The van der Waals surface area contributed by atoms with Crippen LogP contribution in [0.5, 0.6) is 5.75 Å². The highest BCUT2D eigenvalue weighted by Gasteiger charge is 2.18. The summed E-state index contributed by atoms with van der Waals surface area (Å²) in [5.41, 5.74) is 4.07. The average Bonchev–Trinajstić information content (AvgIpc) is 2.94. The number of ether oxygens (including phenoxy) is 1. The van der Waals surface area contributed by atoms with E-state index in [0.717, 1.165) is 38.2 Å². The van der Waals surface area contributed by atoms with E-state index in [1.54, 1.807) is 0 Å². The van der Waals surface area contributed by atoms with Crippen LogP contribution in [0.1, 0.15) is 42.5 Å². The van der Waals surface area contributed by atoms with E-state index >= 15 is 0 Å². The van der Waals surface area contributed by atoms with Gasteiger partial charge >= 0.3 is 0 Å². The summed E-state index contributed by atoms with van der Waals surface area (Å²) in [5.74, 6) is 1.07. The first-order chi connectivity index (χ1) is 10.3. The van der Waals surface area contributed by atoms with Crippen molar-refractivity contribution in [3.05, 3.63) is 49.2 Å². The highest BCUT2D eigenvalue weighted by Crippen LogP contribution is 2.32. The number of fused-ring (bicyclic) bond motifs is 1. The maximum absolute atomic E-state index is 5.73. The van der Waals surface area contributed by atoms with Gasteiger partial charge in [0.25, 0.3) is 0 Å². The average molecular weight is 413 g/mol. The number of halogens is 1. The molecule has 1 N–H and O–H groups in total. The topological polar surface area (TPSA) is 21.3 Å². The summed E-state index contributed by atoms with van der Waals surface area (Å²) in [6.45, 7) is 4.10. The van der Waals surface area contributed by atoms with Crippen molar-refractivity contribution in [2.45, 2.75) is 32.2 Å². The summed E-state index contributed by atoms with van der Waals surface area (Å²) in [6.07, 6.45) is 3.40. The summed E-state index contributed by atoms with van der Waals surface area (Å²) in [4.78, 5) is 0. The van der Waals surface area contributed by atoms with E-state index < -0.39 is 0 Å². The number of nitrogens with one attached hydrogen (secondary N) is 1. The molecule has 1 atom stereocenters. The van der Waals surface area contributed by atoms with Gasteiger partial charge in [0.05, 0.1) is 15.5 Å². The van der Waals surface area contributed by atoms with Crippen molar-refractivity contribution in [2.24, 2.45) is 0 Å². The first-order valence-electron chi connectivity index (χ1n) is 7.51. The van der Waals surface area contributed by atoms with Crippen LogP contribution in [-0.2, 0) is 6.42 Å². The third-order valence-electron chi connectivity index (χ3n) is 3.79. The zero-order valence-corrected chi connectivity index (χ0v) is 15.2. The molecule has 2 nitrogen and oxygen atoms in total. The fourth-order valence-corrected chi connectivity index (χ4v) is 4.15. The van der Waals surface area contributed by atoms with Gasteiger partial charge in [-0.05, 0) is 82.6 Å². The highest BCUT2D eigenvalue weighted by atomic mass is 127. The smallest absolute Gasteiger partial charge is 0.122 e. The van der Waals surface area contributed by atoms with Crippen molar-refractivity contribution < 1.29 is 4.74 Å². The van der Waals surface area contributed by atoms with Crippen molar-refractivity contribution in [3.8, 4) is 5.75 Å². The normalized spacial score (nSPS) is 15.3. The van der Waals surface area contributed by atoms with Crippen LogP contribution in [0.15, 0.2) is 29.6 Å². The molecule has 0 bridgehead atoms. The Bertz CT molecular complexity index is 611. The molecular weight excluding hydrogens is 393 g/mol. The summed E-state index contributed by atoms with van der Waals surface area (Å²) >= 11 is 4.21. The number of benzene rings is 1. The lowest BCUT2D eigenvalue weighted by Crippen LogP contribution is -2.23. The number of rotatable bonds is 5. The van der Waals surface area contributed by atoms with Crippen molar-refractivity contribution in [1.29, 1.82) is 0 Å². The van der Waals surface area contributed by atoms with Gasteiger partial charge in [0.15, 0.2) is 0 Å². The molecule has 1 aliphatic heterocycles. The molecule has 0 fully saturated rings. The third kappa shape index (κ3) is 3.60. The molecule has 21 heavy (non-hydrogen) atoms. The Hall–Kier alpha value is -0.590. The Morgan fingerprint density at radius 3 is 3.00 bits per heavy atom. The molecule has 0 radical (unpaired) electrons. The van der Waals surface area contributed by atoms with Crippen molar-refractivity contribution in [1.82, 2.24) is 5.32 Å². The SMILES string of the molecule is CCCNC(c1csc(I)c1)c1ccc2c(c1)CCCO2. The van der Waals surface area contributed by atoms with Gasteiger partial charge in [-0.2, -0.15) is 0 Å². The molecule has 112 valence electrons. The second-order valence-corrected chi connectivity index (χ2v) is 8.20. The van der Waals surface area contributed by atoms with Gasteiger partial charge in [0.2, 0.25) is 0 Å². The minimum absolute atomic E-state index is 0.289. The Labute approximate surface area is 144 Å². The Morgan fingerprint density at radius 1 is 1.33 bits per heavy atom. The zero-order valence-electron chi connectivity index (χ0n) is 12.2. The predicted octanol–water partition coefficient (Wildman–Crippen LogP) is 4.77. The molecule has 0 saturated heterocycles. The van der Waals surface area contributed by atoms with E-state index in [0.29, 0.717) is 0 Å². The van der Waals surface area contributed by atoms with E-state index in [9.17, 15) is 0 Å². The molecule has 3 rings (SSSR count). The van der Waals surface area contributed by atoms with Crippen molar-refractivity contribution >= 4 is 33.9 Å². The largest absolute Gasteiger partial charge is 0.493 e. The van der Waals surface area contributed by atoms with Crippen LogP contribution in [0.4, 0.5) is 0 Å². The molecule has 2 aromatic rings. The van der Waals surface area contributed by atoms with Gasteiger partial charge in [-0.25, -0.2) is 0 Å². The van der Waals surface area contributed by atoms with Gasteiger partial charge in [-0.1, -0.05) is 19.1 Å². The maximum Gasteiger partial charge on any atom is 0.122 e. The van der Waals surface area contributed by atoms with Crippen LogP contribution in [0.25, 0.3) is 0 Å². The van der Waals surface area contributed by atoms with Gasteiger partial charge < -0.3 is 10.1 Å². The summed E-state index contributed by atoms with van der Waals surface area (Å²) in [5, 5.41) is 5.95. The van der Waals surface area contributed by atoms with E-state index in [2.05, 4.69) is 64.5 Å². The minimum atomic E-state index is 0.289. The molecular formula is C17H20INOS. The number of thiophene rings is 1. The van der Waals surface area contributed by atoms with Gasteiger partial charge in [0, 0.05) is 0 Å². The first-order valence-corrected chi connectivity index (χ1v) is 9.46. The van der Waals surface area contributed by atoms with Crippen LogP contribution in [0.2, 0.25) is 0 Å². The molecule has 4 heteroatoms. The van der Waals surface area contributed by atoms with Crippen molar-refractivity contribution in [3.63, 3.8) is 0 Å². The van der Waals surface area contributed by atoms with Crippen LogP contribution in [0, 0.1) is 2.88 Å². The second-order valence-electron chi connectivity index (χ2n) is 5.39. The molecule has 0 amide bonds. The highest BCUT2D eigenvalue weighted by molar-refractivity contribution is 14.1. The molecule has 1 aliphatic rings. The zero-order chi connectivity index (χ0) is 14.7. The molecule has 2 heterocycles. The molecule has 1 aromatic carbocycles. The van der Waals surface area contributed by atoms with Crippen LogP contribution >= 0.6 is 33.9 Å². The lowest BCUT2D eigenvalue weighted by molar-refractivity contribution is 0.288. The predicted molar refractivity (Wildman–Crippen MR) is 97.4 cm³/mol. The lowest BCUT2D eigenvalue weighted by atomic mass is 9.96. The standard InChI is InChI=1S/C17H20INOS/c1-2-7-19-17(14-10-16(18)21-11-14)13-5-6-15-12(9-13)4-3-8-20-15/h5-6,9-11,17,19H,2-4,7-8H2,1H3. The monoisotopic (exact) mass is 413 g/mol. The lowest BCUT2D eigenvalue weighted by Gasteiger charge is -2.22. The fourth-order valence-electron chi connectivity index (χ4n) is 2.75. The van der Waals surface area contributed by atoms with Crippen LogP contribution in [0.3, 0.4) is 0 Å². The van der Waals surface area contributed by atoms with Crippen LogP contribution in [-0.4, -0.2) is 13.2 Å². The van der Waals surface area contributed by atoms with Gasteiger partial charge in [-0.15, -0.1) is 11.3 Å². The number of hydrogen-bond donors (Lipinski definition) is 1. The Morgan fingerprint density at radius 2 is 2.24 bits per heavy atom. The fraction of sp³-hybridized carbons (Fsp3) is 0.412. The van der Waals surface area contributed by atoms with E-state index in [1.165, 1.54) is 19.6 Å². The Balaban J connectivity index is 1.92. The van der Waals surface area contributed by atoms with Gasteiger partial charge in [-0.3, -0.25) is 0 Å². The number of aryl methyl sites for hydroxylation is 1. The molecule has 0 saturated carbocycles. The Kier molecular flexibility index (Phi) is 5.19. The molecule has 0 aliphatic carbocycles. The summed E-state index contributed by atoms with van der Waals surface area (Å²) < 4.78 is 7.07. The van der Waals surface area contributed by atoms with Crippen molar-refractivity contribution in [2.75, 3.05) is 13.2 Å². The number of hydrogen-bond acceptors (Lipinski definition) is 3.